The highest BCUT2D eigenvalue weighted by molar-refractivity contribution is 7.85. The normalized spacial score (nSPS) is 53.4. The van der Waals surface area contributed by atoms with Crippen molar-refractivity contribution in [3.8, 4) is 0 Å². The predicted molar refractivity (Wildman–Crippen MR) is 78.7 cm³/mol. The van der Waals surface area contributed by atoms with Gasteiger partial charge in [0, 0.05) is 10.8 Å². The molecule has 0 unspecified atom stereocenters. The van der Waals surface area contributed by atoms with Crippen molar-refractivity contribution in [2.24, 2.45) is 23.7 Å². The van der Waals surface area contributed by atoms with E-state index in [9.17, 15) is 14.4 Å². The molecule has 0 spiro atoms. The molecule has 0 aromatic rings. The van der Waals surface area contributed by atoms with E-state index in [1.807, 2.05) is 0 Å². The van der Waals surface area contributed by atoms with Gasteiger partial charge in [0.2, 0.25) is 0 Å². The number of fused-ring (bicyclic) bond motifs is 4. The van der Waals surface area contributed by atoms with Crippen LogP contribution in [-0.4, -0.2) is 37.1 Å². The van der Waals surface area contributed by atoms with Crippen molar-refractivity contribution < 1.29 is 14.4 Å². The number of hydrogen-bond acceptors (Lipinski definition) is 3. The molecule has 114 valence electrons. The highest BCUT2D eigenvalue weighted by Gasteiger charge is 2.53. The van der Waals surface area contributed by atoms with E-state index in [2.05, 4.69) is 0 Å². The summed E-state index contributed by atoms with van der Waals surface area (Å²) in [4.78, 5) is 0. The summed E-state index contributed by atoms with van der Waals surface area (Å²) < 4.78 is 12.5. The molecule has 4 heteroatoms. The molecule has 0 saturated heterocycles. The fourth-order valence-corrected chi connectivity index (χ4v) is 7.72. The van der Waals surface area contributed by atoms with Crippen LogP contribution in [0.1, 0.15) is 51.4 Å². The van der Waals surface area contributed by atoms with Gasteiger partial charge in [-0.2, -0.15) is 0 Å². The van der Waals surface area contributed by atoms with E-state index in [1.54, 1.807) is 0 Å². The second-order valence-corrected chi connectivity index (χ2v) is 9.55. The van der Waals surface area contributed by atoms with Crippen LogP contribution >= 0.6 is 0 Å². The lowest BCUT2D eigenvalue weighted by Crippen LogP contribution is -2.46. The molecule has 4 fully saturated rings. The Labute approximate surface area is 123 Å². The quantitative estimate of drug-likeness (QED) is 0.832. The maximum atomic E-state index is 12.5. The standard InChI is InChI=1S/C16H26O3S/c17-15(7-11-1-3-13(15)5-11)9-20(19)10-16(18)8-12-2-4-14(16)6-12/h11-14,17-18H,1-10H2/t11-,12-,13+,14+,15+,16+/m0/s1. The summed E-state index contributed by atoms with van der Waals surface area (Å²) >= 11 is 0. The second kappa shape index (κ2) is 4.53. The van der Waals surface area contributed by atoms with E-state index >= 15 is 0 Å². The largest absolute Gasteiger partial charge is 0.389 e. The third kappa shape index (κ3) is 2.10. The van der Waals surface area contributed by atoms with Gasteiger partial charge in [0.05, 0.1) is 22.7 Å². The van der Waals surface area contributed by atoms with Crippen LogP contribution in [0.5, 0.6) is 0 Å². The Balaban J connectivity index is 1.39. The van der Waals surface area contributed by atoms with Crippen LogP contribution in [0.2, 0.25) is 0 Å². The maximum absolute atomic E-state index is 12.5. The van der Waals surface area contributed by atoms with Gasteiger partial charge in [-0.25, -0.2) is 0 Å². The van der Waals surface area contributed by atoms with Crippen LogP contribution in [-0.2, 0) is 10.8 Å². The molecule has 4 bridgehead atoms. The number of rotatable bonds is 4. The van der Waals surface area contributed by atoms with Gasteiger partial charge >= 0.3 is 0 Å². The molecule has 0 aliphatic heterocycles. The molecule has 0 radical (unpaired) electrons. The first kappa shape index (κ1) is 13.7. The third-order valence-corrected chi connectivity index (χ3v) is 8.35. The summed E-state index contributed by atoms with van der Waals surface area (Å²) in [5.41, 5.74) is -1.39. The van der Waals surface area contributed by atoms with Crippen LogP contribution in [0, 0.1) is 23.7 Å². The number of aliphatic hydroxyl groups is 2. The second-order valence-electron chi connectivity index (χ2n) is 8.10. The zero-order valence-electron chi connectivity index (χ0n) is 12.1. The molecule has 4 rings (SSSR count). The summed E-state index contributed by atoms with van der Waals surface area (Å²) in [6, 6.07) is 0. The first-order chi connectivity index (χ1) is 9.47. The van der Waals surface area contributed by atoms with Crippen LogP contribution in [0.15, 0.2) is 0 Å². The van der Waals surface area contributed by atoms with E-state index < -0.39 is 22.0 Å². The Morgan fingerprint density at radius 2 is 1.30 bits per heavy atom. The van der Waals surface area contributed by atoms with Crippen molar-refractivity contribution in [1.82, 2.24) is 0 Å². The van der Waals surface area contributed by atoms with Crippen LogP contribution < -0.4 is 0 Å². The lowest BCUT2D eigenvalue weighted by Gasteiger charge is -2.35. The molecule has 0 aromatic carbocycles. The fraction of sp³-hybridized carbons (Fsp3) is 1.00. The van der Waals surface area contributed by atoms with E-state index in [0.717, 1.165) is 38.5 Å². The van der Waals surface area contributed by atoms with Crippen molar-refractivity contribution in [3.05, 3.63) is 0 Å². The number of hydrogen-bond donors (Lipinski definition) is 2. The molecule has 6 atom stereocenters. The minimum atomic E-state index is -1.08. The van der Waals surface area contributed by atoms with Gasteiger partial charge in [0.1, 0.15) is 0 Å². The lowest BCUT2D eigenvalue weighted by atomic mass is 9.86. The summed E-state index contributed by atoms with van der Waals surface area (Å²) in [5, 5.41) is 21.5. The van der Waals surface area contributed by atoms with Gasteiger partial charge in [-0.3, -0.25) is 4.21 Å². The maximum Gasteiger partial charge on any atom is 0.0793 e. The van der Waals surface area contributed by atoms with E-state index in [4.69, 9.17) is 0 Å². The first-order valence-corrected chi connectivity index (χ1v) is 9.75. The molecule has 4 aliphatic carbocycles. The highest BCUT2D eigenvalue weighted by Crippen LogP contribution is 2.53. The first-order valence-electron chi connectivity index (χ1n) is 8.27. The topological polar surface area (TPSA) is 57.5 Å². The molecule has 2 N–H and O–H groups in total. The minimum absolute atomic E-state index is 0.367. The molecule has 20 heavy (non-hydrogen) atoms. The summed E-state index contributed by atoms with van der Waals surface area (Å²) in [6.45, 7) is 0. The molecule has 0 aromatic heterocycles. The SMILES string of the molecule is O=S(C[C@]1(O)C[C@H]2CC[C@@H]1C2)C[C@]1(O)C[C@H]2CC[C@@H]1C2. The van der Waals surface area contributed by atoms with Gasteiger partial charge in [-0.1, -0.05) is 0 Å². The average Bonchev–Trinajstić information content (AvgIpc) is 3.05. The van der Waals surface area contributed by atoms with Crippen molar-refractivity contribution in [2.45, 2.75) is 62.6 Å². The average molecular weight is 298 g/mol. The van der Waals surface area contributed by atoms with Gasteiger partial charge in [-0.15, -0.1) is 0 Å². The zero-order valence-corrected chi connectivity index (χ0v) is 12.9. The summed E-state index contributed by atoms with van der Waals surface area (Å²) in [7, 11) is -1.08. The Bertz CT molecular complexity index is 401. The van der Waals surface area contributed by atoms with Crippen LogP contribution in [0.3, 0.4) is 0 Å². The van der Waals surface area contributed by atoms with E-state index in [1.165, 1.54) is 12.8 Å². The molecular weight excluding hydrogens is 272 g/mol. The Kier molecular flexibility index (Phi) is 3.11. The third-order valence-electron chi connectivity index (χ3n) is 6.71. The molecule has 3 nitrogen and oxygen atoms in total. The molecule has 4 saturated carbocycles. The minimum Gasteiger partial charge on any atom is -0.389 e. The van der Waals surface area contributed by atoms with Crippen LogP contribution in [0.25, 0.3) is 0 Å². The van der Waals surface area contributed by atoms with Gasteiger partial charge in [0.15, 0.2) is 0 Å². The Hall–Kier alpha value is 0.0700. The van der Waals surface area contributed by atoms with Crippen molar-refractivity contribution in [1.29, 1.82) is 0 Å². The highest BCUT2D eigenvalue weighted by atomic mass is 32.2. The van der Waals surface area contributed by atoms with E-state index in [-0.39, 0.29) is 0 Å². The fourth-order valence-electron chi connectivity index (χ4n) is 5.79. The van der Waals surface area contributed by atoms with Crippen LogP contribution in [0.4, 0.5) is 0 Å². The molecule has 4 aliphatic rings. The van der Waals surface area contributed by atoms with Gasteiger partial charge < -0.3 is 10.2 Å². The van der Waals surface area contributed by atoms with E-state index in [0.29, 0.717) is 35.2 Å². The predicted octanol–water partition coefficient (Wildman–Crippen LogP) is 1.84. The smallest absolute Gasteiger partial charge is 0.0793 e. The monoisotopic (exact) mass is 298 g/mol. The molecular formula is C16H26O3S. The summed E-state index contributed by atoms with van der Waals surface area (Å²) in [6.07, 6.45) is 8.63. The van der Waals surface area contributed by atoms with Gasteiger partial charge in [0.25, 0.3) is 0 Å². The lowest BCUT2D eigenvalue weighted by molar-refractivity contribution is 0.00355. The van der Waals surface area contributed by atoms with Crippen molar-refractivity contribution in [2.75, 3.05) is 11.5 Å². The van der Waals surface area contributed by atoms with Crippen molar-refractivity contribution in [3.63, 3.8) is 0 Å². The van der Waals surface area contributed by atoms with Crippen molar-refractivity contribution >= 4 is 10.8 Å². The van der Waals surface area contributed by atoms with Gasteiger partial charge in [-0.05, 0) is 75.0 Å². The zero-order chi connectivity index (χ0) is 14.0. The Morgan fingerprint density at radius 3 is 1.60 bits per heavy atom. The Morgan fingerprint density at radius 1 is 0.850 bits per heavy atom. The summed E-state index contributed by atoms with van der Waals surface area (Å²) in [5.74, 6) is 2.85. The molecule has 0 heterocycles. The molecule has 0 amide bonds.